The Balaban J connectivity index is 0.000000227. The molecule has 390 valence electrons. The van der Waals surface area contributed by atoms with E-state index in [1.165, 1.54) is 91.0 Å². The second-order valence-corrected chi connectivity index (χ2v) is 21.7. The first-order valence-corrected chi connectivity index (χ1v) is 24.9. The molecule has 0 saturated heterocycles. The second-order valence-electron chi connectivity index (χ2n) is 21.7. The smallest absolute Gasteiger partial charge is 0.343 e. The normalized spacial score (nSPS) is 11.4. The molecule has 11 nitrogen and oxygen atoms in total. The number of ketones is 4. The summed E-state index contributed by atoms with van der Waals surface area (Å²) in [6, 6.07) is 47.7. The van der Waals surface area contributed by atoms with Gasteiger partial charge in [0.15, 0.2) is 23.1 Å². The molecule has 0 aromatic heterocycles. The van der Waals surface area contributed by atoms with Gasteiger partial charge in [0.1, 0.15) is 28.7 Å². The van der Waals surface area contributed by atoms with Crippen LogP contribution in [-0.4, -0.2) is 50.4 Å². The maximum absolute atomic E-state index is 13.7. The first-order chi connectivity index (χ1) is 36.2. The fourth-order valence-electron chi connectivity index (χ4n) is 8.02. The number of ether oxygens (including phenoxy) is 2. The van der Waals surface area contributed by atoms with Gasteiger partial charge in [-0.15, -0.1) is 0 Å². The Labute approximate surface area is 448 Å². The van der Waals surface area contributed by atoms with Crippen LogP contribution in [0.5, 0.6) is 28.7 Å². The number of rotatable bonds is 12. The fourth-order valence-corrected chi connectivity index (χ4v) is 8.02. The van der Waals surface area contributed by atoms with E-state index < -0.39 is 17.7 Å². The molecule has 0 aliphatic heterocycles. The largest absolute Gasteiger partial charge is 0.508 e. The minimum atomic E-state index is -0.838. The number of carbonyl (C=O) groups excluding carboxylic acids is 6. The molecule has 0 saturated carbocycles. The molecule has 8 rings (SSSR count). The lowest BCUT2D eigenvalue weighted by Gasteiger charge is -2.19. The minimum absolute atomic E-state index is 0.00875. The number of aromatic hydroxyl groups is 3. The van der Waals surface area contributed by atoms with Crippen LogP contribution in [0.3, 0.4) is 0 Å². The molecule has 0 aliphatic rings. The number of carbonyl (C=O) groups is 6. The standard InChI is InChI=1S/C39H42O3.C27H18O8/c1-37(2,3)31-16-10-25(11-17-31)34(40)28-22-29(35(41)26-12-18-32(19-13-26)38(4,5)6)24-30(23-28)36(42)27-14-20-33(21-15-27)39(7,8)9;28-20-3-1-16(2-4-20)25(31)17-13-18(26(32)34-23-9-5-21(29)6-10-23)15-19(14-17)27(33)35-24-11-7-22(30)8-12-24/h10-24H,1-9H3;1-15,28-30H. The van der Waals surface area contributed by atoms with E-state index in [1.807, 2.05) is 72.8 Å². The maximum atomic E-state index is 13.7. The highest BCUT2D eigenvalue weighted by Gasteiger charge is 2.24. The average molecular weight is 1030 g/mol. The van der Waals surface area contributed by atoms with Crippen molar-refractivity contribution in [1.29, 1.82) is 0 Å². The Morgan fingerprint density at radius 1 is 0.273 bits per heavy atom. The Bertz CT molecular complexity index is 3190. The molecule has 8 aromatic rings. The van der Waals surface area contributed by atoms with Crippen molar-refractivity contribution in [3.8, 4) is 28.7 Å². The summed E-state index contributed by atoms with van der Waals surface area (Å²) in [5.41, 5.74) is 5.78. The number of hydrogen-bond acceptors (Lipinski definition) is 11. The maximum Gasteiger partial charge on any atom is 0.343 e. The van der Waals surface area contributed by atoms with E-state index in [-0.39, 0.29) is 84.6 Å². The van der Waals surface area contributed by atoms with Gasteiger partial charge in [-0.2, -0.15) is 0 Å². The number of hydrogen-bond donors (Lipinski definition) is 3. The van der Waals surface area contributed by atoms with Gasteiger partial charge < -0.3 is 24.8 Å². The lowest BCUT2D eigenvalue weighted by molar-refractivity contribution is 0.0733. The molecule has 0 amide bonds. The molecule has 0 aliphatic carbocycles. The van der Waals surface area contributed by atoms with E-state index in [2.05, 4.69) is 62.3 Å². The van der Waals surface area contributed by atoms with Crippen LogP contribution in [0.1, 0.15) is 163 Å². The van der Waals surface area contributed by atoms with Gasteiger partial charge in [0.05, 0.1) is 11.1 Å². The molecule has 77 heavy (non-hydrogen) atoms. The van der Waals surface area contributed by atoms with Gasteiger partial charge in [0, 0.05) is 44.5 Å². The van der Waals surface area contributed by atoms with Crippen LogP contribution in [0.2, 0.25) is 0 Å². The third kappa shape index (κ3) is 14.1. The first kappa shape index (κ1) is 55.5. The van der Waals surface area contributed by atoms with E-state index in [0.29, 0.717) is 33.4 Å². The molecule has 0 heterocycles. The van der Waals surface area contributed by atoms with E-state index in [1.54, 1.807) is 18.2 Å². The van der Waals surface area contributed by atoms with Gasteiger partial charge in [-0.05, 0) is 142 Å². The predicted molar refractivity (Wildman–Crippen MR) is 296 cm³/mol. The van der Waals surface area contributed by atoms with Crippen LogP contribution in [0.15, 0.2) is 182 Å². The zero-order valence-corrected chi connectivity index (χ0v) is 44.4. The Morgan fingerprint density at radius 2 is 0.468 bits per heavy atom. The van der Waals surface area contributed by atoms with Crippen molar-refractivity contribution in [2.75, 3.05) is 0 Å². The van der Waals surface area contributed by atoms with Crippen LogP contribution in [0.25, 0.3) is 0 Å². The zero-order chi connectivity index (χ0) is 56.0. The van der Waals surface area contributed by atoms with Crippen LogP contribution < -0.4 is 9.47 Å². The van der Waals surface area contributed by atoms with Crippen molar-refractivity contribution >= 4 is 35.1 Å². The molecular weight excluding hydrogens is 969 g/mol. The van der Waals surface area contributed by atoms with Crippen molar-refractivity contribution in [2.24, 2.45) is 0 Å². The number of benzene rings is 8. The highest BCUT2D eigenvalue weighted by Crippen LogP contribution is 2.29. The molecule has 3 N–H and O–H groups in total. The van der Waals surface area contributed by atoms with Crippen LogP contribution in [0.4, 0.5) is 0 Å². The summed E-state index contributed by atoms with van der Waals surface area (Å²) < 4.78 is 10.6. The zero-order valence-electron chi connectivity index (χ0n) is 44.4. The van der Waals surface area contributed by atoms with Gasteiger partial charge in [-0.25, -0.2) is 9.59 Å². The van der Waals surface area contributed by atoms with Crippen molar-refractivity contribution in [3.05, 3.63) is 254 Å². The van der Waals surface area contributed by atoms with Gasteiger partial charge in [0.25, 0.3) is 0 Å². The number of phenolic OH excluding ortho intramolecular Hbond substituents is 3. The minimum Gasteiger partial charge on any atom is -0.508 e. The third-order valence-corrected chi connectivity index (χ3v) is 12.6. The third-order valence-electron chi connectivity index (χ3n) is 12.6. The lowest BCUT2D eigenvalue weighted by atomic mass is 9.85. The Morgan fingerprint density at radius 3 is 0.701 bits per heavy atom. The summed E-state index contributed by atoms with van der Waals surface area (Å²) in [5.74, 6) is -2.61. The molecular formula is C66H60O11. The summed E-state index contributed by atoms with van der Waals surface area (Å²) in [6.07, 6.45) is 0. The topological polar surface area (TPSA) is 182 Å². The summed E-state index contributed by atoms with van der Waals surface area (Å²) in [5, 5.41) is 28.3. The van der Waals surface area contributed by atoms with Gasteiger partial charge >= 0.3 is 11.9 Å². The monoisotopic (exact) mass is 1030 g/mol. The van der Waals surface area contributed by atoms with E-state index >= 15 is 0 Å². The lowest BCUT2D eigenvalue weighted by Crippen LogP contribution is -2.15. The highest BCUT2D eigenvalue weighted by atomic mass is 16.5. The molecule has 8 aromatic carbocycles. The van der Waals surface area contributed by atoms with E-state index in [4.69, 9.17) is 9.47 Å². The van der Waals surface area contributed by atoms with E-state index in [0.717, 1.165) is 16.7 Å². The number of phenols is 3. The fraction of sp³-hybridized carbons (Fsp3) is 0.182. The molecule has 0 atom stereocenters. The Hall–Kier alpha value is -9.22. The van der Waals surface area contributed by atoms with Crippen molar-refractivity contribution in [1.82, 2.24) is 0 Å². The van der Waals surface area contributed by atoms with Gasteiger partial charge in [-0.1, -0.05) is 135 Å². The van der Waals surface area contributed by atoms with Crippen LogP contribution in [0, 0.1) is 0 Å². The van der Waals surface area contributed by atoms with Crippen molar-refractivity contribution < 1.29 is 53.6 Å². The van der Waals surface area contributed by atoms with Crippen LogP contribution >= 0.6 is 0 Å². The Kier molecular flexibility index (Phi) is 16.4. The molecule has 0 spiro atoms. The average Bonchev–Trinajstić information content (AvgIpc) is 3.41. The quantitative estimate of drug-likeness (QED) is 0.0602. The SMILES string of the molecule is CC(C)(C)c1ccc(C(=O)c2cc(C(=O)c3ccc(C(C)(C)C)cc3)cc(C(=O)c3ccc(C(C)(C)C)cc3)c2)cc1.O=C(Oc1ccc(O)cc1)c1cc(C(=O)Oc2ccc(O)cc2)cc(C(=O)c2ccc(O)cc2)c1. The first-order valence-electron chi connectivity index (χ1n) is 24.9. The molecule has 11 heteroatoms. The van der Waals surface area contributed by atoms with E-state index in [9.17, 15) is 44.1 Å². The summed E-state index contributed by atoms with van der Waals surface area (Å²) >= 11 is 0. The number of esters is 2. The summed E-state index contributed by atoms with van der Waals surface area (Å²) in [4.78, 5) is 79.8. The van der Waals surface area contributed by atoms with Gasteiger partial charge in [0.2, 0.25) is 0 Å². The molecule has 0 unspecified atom stereocenters. The van der Waals surface area contributed by atoms with Crippen molar-refractivity contribution in [2.45, 2.75) is 78.6 Å². The predicted octanol–water partition coefficient (Wildman–Crippen LogP) is 13.7. The summed E-state index contributed by atoms with van der Waals surface area (Å²) in [6.45, 7) is 19.1. The highest BCUT2D eigenvalue weighted by molar-refractivity contribution is 6.17. The second kappa shape index (κ2) is 22.7. The molecule has 0 bridgehead atoms. The summed E-state index contributed by atoms with van der Waals surface area (Å²) in [7, 11) is 0. The van der Waals surface area contributed by atoms with Gasteiger partial charge in [-0.3, -0.25) is 19.2 Å². The van der Waals surface area contributed by atoms with Crippen LogP contribution in [-0.2, 0) is 16.2 Å². The van der Waals surface area contributed by atoms with Crippen molar-refractivity contribution in [3.63, 3.8) is 0 Å². The molecule has 0 fully saturated rings. The molecule has 0 radical (unpaired) electrons.